The molecule has 1 unspecified atom stereocenters. The summed E-state index contributed by atoms with van der Waals surface area (Å²) in [6.45, 7) is 1.16. The van der Waals surface area contributed by atoms with E-state index in [0.29, 0.717) is 25.2 Å². The Bertz CT molecular complexity index is 381. The van der Waals surface area contributed by atoms with Crippen LogP contribution in [-0.2, 0) is 9.47 Å². The number of ether oxygens (including phenoxy) is 2. The van der Waals surface area contributed by atoms with Gasteiger partial charge in [-0.1, -0.05) is 6.07 Å². The molecular weight excluding hydrogens is 228 g/mol. The Hall–Kier alpha value is -1.04. The third-order valence-electron chi connectivity index (χ3n) is 2.81. The molecule has 1 aliphatic heterocycles. The minimum Gasteiger partial charge on any atom is -0.350 e. The normalized spacial score (nSPS) is 18.5. The number of halogens is 2. The van der Waals surface area contributed by atoms with Crippen LogP contribution in [0.2, 0.25) is 0 Å². The molecule has 3 nitrogen and oxygen atoms in total. The Morgan fingerprint density at radius 1 is 1.29 bits per heavy atom. The van der Waals surface area contributed by atoms with Crippen LogP contribution >= 0.6 is 0 Å². The highest BCUT2D eigenvalue weighted by atomic mass is 19.2. The zero-order valence-electron chi connectivity index (χ0n) is 9.58. The van der Waals surface area contributed by atoms with Crippen molar-refractivity contribution in [2.24, 2.45) is 0 Å². The maximum atomic E-state index is 13.1. The van der Waals surface area contributed by atoms with Gasteiger partial charge >= 0.3 is 0 Å². The summed E-state index contributed by atoms with van der Waals surface area (Å²) in [5, 5.41) is 3.04. The van der Waals surface area contributed by atoms with Gasteiger partial charge in [-0.25, -0.2) is 8.78 Å². The van der Waals surface area contributed by atoms with Crippen LogP contribution in [-0.4, -0.2) is 26.6 Å². The lowest BCUT2D eigenvalue weighted by atomic mass is 10.0. The fourth-order valence-corrected chi connectivity index (χ4v) is 1.89. The van der Waals surface area contributed by atoms with Gasteiger partial charge in [-0.3, -0.25) is 0 Å². The van der Waals surface area contributed by atoms with Gasteiger partial charge < -0.3 is 14.8 Å². The van der Waals surface area contributed by atoms with Crippen LogP contribution in [0.25, 0.3) is 0 Å². The van der Waals surface area contributed by atoms with Gasteiger partial charge in [0.15, 0.2) is 17.9 Å². The molecule has 1 fully saturated rings. The molecule has 1 aromatic rings. The molecule has 1 aromatic carbocycles. The number of benzene rings is 1. The third-order valence-corrected chi connectivity index (χ3v) is 2.81. The summed E-state index contributed by atoms with van der Waals surface area (Å²) in [7, 11) is 1.76. The fraction of sp³-hybridized carbons (Fsp3) is 0.500. The lowest BCUT2D eigenvalue weighted by molar-refractivity contribution is -0.0526. The highest BCUT2D eigenvalue weighted by Gasteiger charge is 2.22. The summed E-state index contributed by atoms with van der Waals surface area (Å²) in [5.41, 5.74) is 0.686. The molecule has 0 radical (unpaired) electrons. The molecule has 17 heavy (non-hydrogen) atoms. The monoisotopic (exact) mass is 243 g/mol. The first-order chi connectivity index (χ1) is 8.20. The first-order valence-corrected chi connectivity index (χ1v) is 5.56. The van der Waals surface area contributed by atoms with E-state index >= 15 is 0 Å². The highest BCUT2D eigenvalue weighted by Crippen LogP contribution is 2.23. The van der Waals surface area contributed by atoms with Gasteiger partial charge in [-0.05, 0) is 24.7 Å². The van der Waals surface area contributed by atoms with Crippen LogP contribution in [0.15, 0.2) is 18.2 Å². The molecule has 0 bridgehead atoms. The van der Waals surface area contributed by atoms with Crippen LogP contribution in [0.3, 0.4) is 0 Å². The first-order valence-electron chi connectivity index (χ1n) is 5.56. The Labute approximate surface area is 98.7 Å². The van der Waals surface area contributed by atoms with Crippen molar-refractivity contribution in [1.82, 2.24) is 5.32 Å². The zero-order valence-corrected chi connectivity index (χ0v) is 9.58. The van der Waals surface area contributed by atoms with Crippen LogP contribution < -0.4 is 5.32 Å². The van der Waals surface area contributed by atoms with Crippen molar-refractivity contribution in [3.05, 3.63) is 35.4 Å². The van der Waals surface area contributed by atoms with Crippen molar-refractivity contribution < 1.29 is 18.3 Å². The molecule has 1 N–H and O–H groups in total. The van der Waals surface area contributed by atoms with E-state index in [-0.39, 0.29) is 12.3 Å². The second-order valence-corrected chi connectivity index (χ2v) is 3.92. The van der Waals surface area contributed by atoms with E-state index in [0.717, 1.165) is 6.07 Å². The number of rotatable bonds is 4. The van der Waals surface area contributed by atoms with Crippen LogP contribution in [0, 0.1) is 11.6 Å². The summed E-state index contributed by atoms with van der Waals surface area (Å²) >= 11 is 0. The summed E-state index contributed by atoms with van der Waals surface area (Å²) in [6.07, 6.45) is 0.294. The SMILES string of the molecule is CNC(CC1OCCO1)c1ccc(F)c(F)c1. The fourth-order valence-electron chi connectivity index (χ4n) is 1.89. The van der Waals surface area contributed by atoms with Crippen molar-refractivity contribution in [1.29, 1.82) is 0 Å². The molecule has 0 saturated carbocycles. The highest BCUT2D eigenvalue weighted by molar-refractivity contribution is 5.21. The van der Waals surface area contributed by atoms with Crippen molar-refractivity contribution in [3.63, 3.8) is 0 Å². The maximum absolute atomic E-state index is 13.1. The summed E-state index contributed by atoms with van der Waals surface area (Å²) in [5.74, 6) is -1.67. The molecule has 1 heterocycles. The average Bonchev–Trinajstić information content (AvgIpc) is 2.82. The maximum Gasteiger partial charge on any atom is 0.159 e. The van der Waals surface area contributed by atoms with Gasteiger partial charge in [0, 0.05) is 12.5 Å². The van der Waals surface area contributed by atoms with Crippen LogP contribution in [0.5, 0.6) is 0 Å². The minimum absolute atomic E-state index is 0.117. The lowest BCUT2D eigenvalue weighted by Gasteiger charge is -2.19. The van der Waals surface area contributed by atoms with E-state index in [4.69, 9.17) is 9.47 Å². The molecular formula is C12H15F2NO2. The number of hydrogen-bond acceptors (Lipinski definition) is 3. The van der Waals surface area contributed by atoms with E-state index in [1.54, 1.807) is 13.1 Å². The minimum atomic E-state index is -0.837. The van der Waals surface area contributed by atoms with Gasteiger partial charge in [-0.2, -0.15) is 0 Å². The topological polar surface area (TPSA) is 30.5 Å². The predicted molar refractivity (Wildman–Crippen MR) is 58.5 cm³/mol. The van der Waals surface area contributed by atoms with Gasteiger partial charge in [0.05, 0.1) is 13.2 Å². The van der Waals surface area contributed by atoms with E-state index < -0.39 is 11.6 Å². The Morgan fingerprint density at radius 2 is 2.00 bits per heavy atom. The predicted octanol–water partition coefficient (Wildman–Crippen LogP) is 1.99. The molecule has 1 atom stereocenters. The zero-order chi connectivity index (χ0) is 12.3. The Balaban J connectivity index is 2.08. The van der Waals surface area contributed by atoms with Crippen LogP contribution in [0.4, 0.5) is 8.78 Å². The van der Waals surface area contributed by atoms with Gasteiger partial charge in [0.1, 0.15) is 0 Å². The van der Waals surface area contributed by atoms with E-state index in [9.17, 15) is 8.78 Å². The summed E-state index contributed by atoms with van der Waals surface area (Å²) in [6, 6.07) is 3.78. The molecule has 94 valence electrons. The van der Waals surface area contributed by atoms with Gasteiger partial charge in [0.25, 0.3) is 0 Å². The molecule has 2 rings (SSSR count). The van der Waals surface area contributed by atoms with E-state index in [1.165, 1.54) is 6.07 Å². The smallest absolute Gasteiger partial charge is 0.159 e. The van der Waals surface area contributed by atoms with Gasteiger partial charge in [0.2, 0.25) is 0 Å². The Morgan fingerprint density at radius 3 is 2.59 bits per heavy atom. The molecule has 0 aliphatic carbocycles. The summed E-state index contributed by atoms with van der Waals surface area (Å²) < 4.78 is 36.6. The van der Waals surface area contributed by atoms with E-state index in [2.05, 4.69) is 5.32 Å². The third kappa shape index (κ3) is 3.00. The molecule has 1 saturated heterocycles. The van der Waals surface area contributed by atoms with Gasteiger partial charge in [-0.15, -0.1) is 0 Å². The quantitative estimate of drug-likeness (QED) is 0.877. The second-order valence-electron chi connectivity index (χ2n) is 3.92. The molecule has 0 aromatic heterocycles. The molecule has 5 heteroatoms. The number of hydrogen-bond donors (Lipinski definition) is 1. The molecule has 0 spiro atoms. The summed E-state index contributed by atoms with van der Waals surface area (Å²) in [4.78, 5) is 0. The molecule has 0 amide bonds. The van der Waals surface area contributed by atoms with Crippen LogP contribution in [0.1, 0.15) is 18.0 Å². The van der Waals surface area contributed by atoms with Crippen molar-refractivity contribution >= 4 is 0 Å². The average molecular weight is 243 g/mol. The Kier molecular flexibility index (Phi) is 4.04. The number of nitrogens with one attached hydrogen (secondary N) is 1. The second kappa shape index (κ2) is 5.53. The van der Waals surface area contributed by atoms with E-state index in [1.807, 2.05) is 0 Å². The van der Waals surface area contributed by atoms with Crippen molar-refractivity contribution in [3.8, 4) is 0 Å². The van der Waals surface area contributed by atoms with Crippen molar-refractivity contribution in [2.45, 2.75) is 18.8 Å². The van der Waals surface area contributed by atoms with Crippen molar-refractivity contribution in [2.75, 3.05) is 20.3 Å². The molecule has 1 aliphatic rings. The standard InChI is InChI=1S/C12H15F2NO2/c1-15-11(7-12-16-4-5-17-12)8-2-3-9(13)10(14)6-8/h2-3,6,11-12,15H,4-5,7H2,1H3. The largest absolute Gasteiger partial charge is 0.350 e. The first kappa shape index (κ1) is 12.4. The lowest BCUT2D eigenvalue weighted by Crippen LogP contribution is -2.23.